The highest BCUT2D eigenvalue weighted by Crippen LogP contribution is 2.08. The van der Waals surface area contributed by atoms with E-state index in [4.69, 9.17) is 0 Å². The lowest BCUT2D eigenvalue weighted by Crippen LogP contribution is -2.27. The van der Waals surface area contributed by atoms with Gasteiger partial charge in [0, 0.05) is 43.4 Å². The fourth-order valence-corrected chi connectivity index (χ4v) is 2.41. The molecule has 0 aliphatic carbocycles. The van der Waals surface area contributed by atoms with Crippen LogP contribution in [0.4, 0.5) is 4.39 Å². The first-order valence-corrected chi connectivity index (χ1v) is 7.86. The van der Waals surface area contributed by atoms with Crippen molar-refractivity contribution in [1.82, 2.24) is 19.4 Å². The number of imidazole rings is 1. The molecule has 1 aromatic carbocycles. The molecule has 0 aliphatic rings. The zero-order valence-electron chi connectivity index (χ0n) is 13.4. The summed E-state index contributed by atoms with van der Waals surface area (Å²) in [5, 5.41) is 2.82. The largest absolute Gasteiger partial charge is 0.352 e. The molecule has 3 aromatic rings. The van der Waals surface area contributed by atoms with Crippen LogP contribution in [0, 0.1) is 5.82 Å². The van der Waals surface area contributed by atoms with E-state index in [1.54, 1.807) is 12.5 Å². The fraction of sp³-hybridized carbons (Fsp3) is 0.167. The molecule has 2 heterocycles. The van der Waals surface area contributed by atoms with Gasteiger partial charge in [0.25, 0.3) is 11.5 Å². The quantitative estimate of drug-likeness (QED) is 0.698. The first-order chi connectivity index (χ1) is 12.1. The van der Waals surface area contributed by atoms with Crippen molar-refractivity contribution in [3.63, 3.8) is 0 Å². The summed E-state index contributed by atoms with van der Waals surface area (Å²) in [6, 6.07) is 8.32. The number of rotatable bonds is 6. The maximum Gasteiger partial charge on any atom is 0.255 e. The number of halogens is 1. The Bertz CT molecular complexity index is 902. The van der Waals surface area contributed by atoms with E-state index in [0.29, 0.717) is 17.8 Å². The summed E-state index contributed by atoms with van der Waals surface area (Å²) in [4.78, 5) is 28.2. The third kappa shape index (κ3) is 4.20. The van der Waals surface area contributed by atoms with E-state index in [9.17, 15) is 14.0 Å². The molecule has 3 rings (SSSR count). The molecule has 7 heteroatoms. The molecule has 0 spiro atoms. The Balaban J connectivity index is 1.65. The summed E-state index contributed by atoms with van der Waals surface area (Å²) in [5.74, 6) is -0.648. The number of carbonyl (C=O) groups is 1. The van der Waals surface area contributed by atoms with Crippen molar-refractivity contribution in [2.45, 2.75) is 13.0 Å². The van der Waals surface area contributed by atoms with E-state index < -0.39 is 0 Å². The van der Waals surface area contributed by atoms with Crippen LogP contribution in [0.25, 0.3) is 5.69 Å². The molecule has 0 saturated carbocycles. The molecular weight excluding hydrogens is 323 g/mol. The topological polar surface area (TPSA) is 68.9 Å². The van der Waals surface area contributed by atoms with E-state index in [0.717, 1.165) is 13.0 Å². The summed E-state index contributed by atoms with van der Waals surface area (Å²) in [5.41, 5.74) is 0.580. The van der Waals surface area contributed by atoms with Gasteiger partial charge in [-0.05, 0) is 36.8 Å². The zero-order valence-corrected chi connectivity index (χ0v) is 13.4. The van der Waals surface area contributed by atoms with Crippen molar-refractivity contribution in [1.29, 1.82) is 0 Å². The highest BCUT2D eigenvalue weighted by atomic mass is 19.1. The van der Waals surface area contributed by atoms with E-state index in [-0.39, 0.29) is 17.3 Å². The van der Waals surface area contributed by atoms with Gasteiger partial charge in [-0.2, -0.15) is 0 Å². The molecule has 2 aromatic heterocycles. The van der Waals surface area contributed by atoms with Gasteiger partial charge in [0.05, 0.1) is 11.9 Å². The molecule has 0 fully saturated rings. The van der Waals surface area contributed by atoms with Crippen LogP contribution in [0.5, 0.6) is 0 Å². The van der Waals surface area contributed by atoms with Gasteiger partial charge in [-0.25, -0.2) is 9.37 Å². The van der Waals surface area contributed by atoms with Crippen LogP contribution >= 0.6 is 0 Å². The first kappa shape index (κ1) is 16.6. The Morgan fingerprint density at radius 2 is 1.96 bits per heavy atom. The third-order valence-electron chi connectivity index (χ3n) is 3.72. The number of benzene rings is 1. The Morgan fingerprint density at radius 3 is 2.68 bits per heavy atom. The lowest BCUT2D eigenvalue weighted by Gasteiger charge is -2.09. The number of pyridine rings is 1. The monoisotopic (exact) mass is 340 g/mol. The van der Waals surface area contributed by atoms with Gasteiger partial charge in [-0.3, -0.25) is 14.2 Å². The van der Waals surface area contributed by atoms with Crippen molar-refractivity contribution in [3.8, 4) is 5.69 Å². The van der Waals surface area contributed by atoms with Crippen molar-refractivity contribution in [3.05, 3.63) is 83.1 Å². The zero-order chi connectivity index (χ0) is 17.6. The molecule has 0 saturated heterocycles. The first-order valence-electron chi connectivity index (χ1n) is 7.86. The predicted molar refractivity (Wildman–Crippen MR) is 91.2 cm³/mol. The van der Waals surface area contributed by atoms with Crippen molar-refractivity contribution in [2.24, 2.45) is 0 Å². The second-order valence-corrected chi connectivity index (χ2v) is 5.51. The van der Waals surface area contributed by atoms with Gasteiger partial charge in [-0.1, -0.05) is 0 Å². The standard InChI is InChI=1S/C18H17FN4O2/c19-15-3-5-16(6-4-15)23-12-14(2-7-17(23)24)18(25)21-8-1-10-22-11-9-20-13-22/h2-7,9,11-13H,1,8,10H2,(H,21,25). The molecule has 6 nitrogen and oxygen atoms in total. The predicted octanol–water partition coefficient (Wildman–Crippen LogP) is 1.99. The van der Waals surface area contributed by atoms with Crippen molar-refractivity contribution in [2.75, 3.05) is 6.54 Å². The molecule has 0 aliphatic heterocycles. The Morgan fingerprint density at radius 1 is 1.16 bits per heavy atom. The Labute approximate surface area is 143 Å². The van der Waals surface area contributed by atoms with E-state index in [1.807, 2.05) is 10.8 Å². The molecule has 0 bridgehead atoms. The maximum atomic E-state index is 13.0. The fourth-order valence-electron chi connectivity index (χ4n) is 2.41. The van der Waals surface area contributed by atoms with Crippen LogP contribution in [0.2, 0.25) is 0 Å². The molecule has 0 radical (unpaired) electrons. The molecule has 128 valence electrons. The molecular formula is C18H17FN4O2. The van der Waals surface area contributed by atoms with Gasteiger partial charge in [-0.15, -0.1) is 0 Å². The van der Waals surface area contributed by atoms with Crippen LogP contribution in [0.3, 0.4) is 0 Å². The number of aryl methyl sites for hydroxylation is 1. The Kier molecular flexibility index (Phi) is 5.03. The smallest absolute Gasteiger partial charge is 0.255 e. The van der Waals surface area contributed by atoms with E-state index in [1.165, 1.54) is 47.2 Å². The number of nitrogens with one attached hydrogen (secondary N) is 1. The van der Waals surface area contributed by atoms with Crippen LogP contribution in [-0.4, -0.2) is 26.6 Å². The third-order valence-corrected chi connectivity index (χ3v) is 3.72. The van der Waals surface area contributed by atoms with Gasteiger partial charge < -0.3 is 9.88 Å². The van der Waals surface area contributed by atoms with Crippen LogP contribution in [-0.2, 0) is 6.54 Å². The van der Waals surface area contributed by atoms with Gasteiger partial charge in [0.15, 0.2) is 0 Å². The van der Waals surface area contributed by atoms with E-state index in [2.05, 4.69) is 10.3 Å². The Hall–Kier alpha value is -3.22. The second-order valence-electron chi connectivity index (χ2n) is 5.51. The van der Waals surface area contributed by atoms with Crippen molar-refractivity contribution >= 4 is 5.91 Å². The molecule has 25 heavy (non-hydrogen) atoms. The summed E-state index contributed by atoms with van der Waals surface area (Å²) >= 11 is 0. The summed E-state index contributed by atoms with van der Waals surface area (Å²) in [6.07, 6.45) is 7.51. The highest BCUT2D eigenvalue weighted by molar-refractivity contribution is 5.93. The summed E-state index contributed by atoms with van der Waals surface area (Å²) in [7, 11) is 0. The van der Waals surface area contributed by atoms with Crippen molar-refractivity contribution < 1.29 is 9.18 Å². The number of carbonyl (C=O) groups excluding carboxylic acids is 1. The molecule has 1 N–H and O–H groups in total. The minimum atomic E-state index is -0.386. The SMILES string of the molecule is O=C(NCCCn1ccnc1)c1ccc(=O)n(-c2ccc(F)cc2)c1. The van der Waals surface area contributed by atoms with Gasteiger partial charge in [0.1, 0.15) is 5.82 Å². The van der Waals surface area contributed by atoms with Gasteiger partial charge >= 0.3 is 0 Å². The number of aromatic nitrogens is 3. The minimum Gasteiger partial charge on any atom is -0.352 e. The summed E-state index contributed by atoms with van der Waals surface area (Å²) < 4.78 is 16.3. The maximum absolute atomic E-state index is 13.0. The lowest BCUT2D eigenvalue weighted by molar-refractivity contribution is 0.0952. The lowest BCUT2D eigenvalue weighted by atomic mass is 10.2. The minimum absolute atomic E-state index is 0.263. The average molecular weight is 340 g/mol. The number of amides is 1. The molecule has 1 amide bonds. The van der Waals surface area contributed by atoms with Crippen LogP contribution in [0.1, 0.15) is 16.8 Å². The van der Waals surface area contributed by atoms with E-state index >= 15 is 0 Å². The average Bonchev–Trinajstić information content (AvgIpc) is 3.13. The second kappa shape index (κ2) is 7.57. The highest BCUT2D eigenvalue weighted by Gasteiger charge is 2.08. The number of nitrogens with zero attached hydrogens (tertiary/aromatic N) is 3. The number of hydrogen-bond acceptors (Lipinski definition) is 3. The van der Waals surface area contributed by atoms with Gasteiger partial charge in [0.2, 0.25) is 0 Å². The number of hydrogen-bond donors (Lipinski definition) is 1. The van der Waals surface area contributed by atoms with Crippen LogP contribution in [0.15, 0.2) is 66.1 Å². The summed E-state index contributed by atoms with van der Waals surface area (Å²) in [6.45, 7) is 1.27. The molecule has 0 atom stereocenters. The normalized spacial score (nSPS) is 10.6. The molecule has 0 unspecified atom stereocenters. The van der Waals surface area contributed by atoms with Crippen LogP contribution < -0.4 is 10.9 Å².